The summed E-state index contributed by atoms with van der Waals surface area (Å²) >= 11 is 0. The van der Waals surface area contributed by atoms with Crippen LogP contribution in [0.5, 0.6) is 0 Å². The van der Waals surface area contributed by atoms with Crippen LogP contribution in [0.1, 0.15) is 78.1 Å². The van der Waals surface area contributed by atoms with Gasteiger partial charge in [0.15, 0.2) is 0 Å². The summed E-state index contributed by atoms with van der Waals surface area (Å²) in [5.74, 6) is -2.21. The van der Waals surface area contributed by atoms with E-state index in [1.54, 1.807) is 0 Å². The zero-order valence-electron chi connectivity index (χ0n) is 15.7. The zero-order valence-corrected chi connectivity index (χ0v) is 15.7. The molecule has 8 heteroatoms. The Hall–Kier alpha value is -2.25. The second-order valence-electron chi connectivity index (χ2n) is 5.82. The molecule has 0 radical (unpaired) electrons. The van der Waals surface area contributed by atoms with Crippen molar-refractivity contribution < 1.29 is 34.2 Å². The molecule has 0 aliphatic carbocycles. The summed E-state index contributed by atoms with van der Waals surface area (Å²) in [4.78, 5) is 52.9. The molecule has 0 saturated heterocycles. The fourth-order valence-electron chi connectivity index (χ4n) is 1.77. The van der Waals surface area contributed by atoms with E-state index in [4.69, 9.17) is 10.2 Å². The van der Waals surface area contributed by atoms with Crippen LogP contribution in [0.3, 0.4) is 0 Å². The Morgan fingerprint density at radius 3 is 1.54 bits per heavy atom. The van der Waals surface area contributed by atoms with E-state index in [0.717, 1.165) is 25.8 Å². The van der Waals surface area contributed by atoms with Gasteiger partial charge in [-0.3, -0.25) is 24.0 Å². The van der Waals surface area contributed by atoms with Crippen molar-refractivity contribution in [3.63, 3.8) is 0 Å². The van der Waals surface area contributed by atoms with Gasteiger partial charge in [-0.05, 0) is 12.8 Å². The van der Waals surface area contributed by atoms with Crippen LogP contribution in [0.15, 0.2) is 0 Å². The molecule has 0 aliphatic rings. The molecule has 0 unspecified atom stereocenters. The maximum Gasteiger partial charge on any atom is 0.303 e. The number of hydrogen-bond donors (Lipinski definition) is 3. The third-order valence-electron chi connectivity index (χ3n) is 3.25. The highest BCUT2D eigenvalue weighted by Gasteiger charge is 2.07. The van der Waals surface area contributed by atoms with Crippen LogP contribution in [0, 0.1) is 0 Å². The van der Waals surface area contributed by atoms with Gasteiger partial charge < -0.3 is 15.5 Å². The number of carboxylic acids is 2. The van der Waals surface area contributed by atoms with E-state index >= 15 is 0 Å². The minimum atomic E-state index is -1.04. The second kappa shape index (κ2) is 17.6. The van der Waals surface area contributed by atoms with E-state index < -0.39 is 11.9 Å². The minimum absolute atomic E-state index is 0.00269. The summed E-state index contributed by atoms with van der Waals surface area (Å²) in [5, 5.41) is 19.1. The predicted octanol–water partition coefficient (Wildman–Crippen LogP) is 2.34. The number of hydrogen-bond acceptors (Lipinski definition) is 5. The molecule has 0 aromatic heterocycles. The van der Waals surface area contributed by atoms with Gasteiger partial charge in [0.1, 0.15) is 11.6 Å². The molecular weight excluding hydrogens is 342 g/mol. The number of aliphatic carboxylic acids is 2. The first kappa shape index (κ1) is 26.0. The Balaban J connectivity index is 0. The molecule has 0 fully saturated rings. The first-order chi connectivity index (χ1) is 12.2. The lowest BCUT2D eigenvalue weighted by Crippen LogP contribution is -2.24. The average Bonchev–Trinajstić information content (AvgIpc) is 2.57. The van der Waals surface area contributed by atoms with Gasteiger partial charge in [0.2, 0.25) is 5.91 Å². The maximum absolute atomic E-state index is 11.2. The first-order valence-electron chi connectivity index (χ1n) is 8.96. The average molecular weight is 373 g/mol. The fourth-order valence-corrected chi connectivity index (χ4v) is 1.77. The number of nitrogens with one attached hydrogen (secondary N) is 1. The van der Waals surface area contributed by atoms with Gasteiger partial charge in [0, 0.05) is 38.6 Å². The van der Waals surface area contributed by atoms with Crippen molar-refractivity contribution in [2.45, 2.75) is 78.1 Å². The molecule has 0 atom stereocenters. The van der Waals surface area contributed by atoms with Crippen LogP contribution in [0.2, 0.25) is 0 Å². The number of Topliss-reactive ketones (excluding diaryl/α,β-unsaturated/α-hetero) is 2. The lowest BCUT2D eigenvalue weighted by molar-refractivity contribution is -0.139. The molecule has 8 nitrogen and oxygen atoms in total. The summed E-state index contributed by atoms with van der Waals surface area (Å²) < 4.78 is 0. The summed E-state index contributed by atoms with van der Waals surface area (Å²) in [7, 11) is 0. The first-order valence-corrected chi connectivity index (χ1v) is 8.96. The van der Waals surface area contributed by atoms with E-state index in [1.807, 2.05) is 6.92 Å². The van der Waals surface area contributed by atoms with Crippen LogP contribution in [0.4, 0.5) is 0 Å². The maximum atomic E-state index is 11.2. The van der Waals surface area contributed by atoms with Gasteiger partial charge in [-0.15, -0.1) is 0 Å². The number of carboxylic acid groups (broad SMARTS) is 2. The van der Waals surface area contributed by atoms with Crippen molar-refractivity contribution in [3.05, 3.63) is 0 Å². The molecule has 0 aliphatic heterocycles. The van der Waals surface area contributed by atoms with Gasteiger partial charge >= 0.3 is 11.9 Å². The van der Waals surface area contributed by atoms with Gasteiger partial charge in [-0.25, -0.2) is 0 Å². The van der Waals surface area contributed by atoms with Crippen LogP contribution in [-0.4, -0.2) is 46.2 Å². The molecule has 0 rings (SSSR count). The molecule has 0 spiro atoms. The van der Waals surface area contributed by atoms with Crippen molar-refractivity contribution in [3.8, 4) is 0 Å². The standard InChI is InChI=1S/C11H21NO2.C7H10O5/c1-3-5-9-12-11(14)8-7-10(13)6-4-2;8-5(1-3-6(9)10)2-4-7(11)12/h3-9H2,1-2H3,(H,12,14);1-4H2,(H,9,10)(H,11,12). The number of carbonyl (C=O) groups is 5. The number of carbonyl (C=O) groups excluding carboxylic acids is 3. The molecule has 0 heterocycles. The van der Waals surface area contributed by atoms with Crippen molar-refractivity contribution in [1.29, 1.82) is 0 Å². The lowest BCUT2D eigenvalue weighted by atomic mass is 10.1. The third-order valence-corrected chi connectivity index (χ3v) is 3.25. The highest BCUT2D eigenvalue weighted by molar-refractivity contribution is 5.85. The quantitative estimate of drug-likeness (QED) is 0.397. The van der Waals surface area contributed by atoms with Gasteiger partial charge in [0.25, 0.3) is 0 Å². The molecule has 0 aromatic carbocycles. The van der Waals surface area contributed by atoms with Gasteiger partial charge in [-0.1, -0.05) is 20.3 Å². The Labute approximate surface area is 154 Å². The van der Waals surface area contributed by atoms with Crippen LogP contribution < -0.4 is 5.32 Å². The van der Waals surface area contributed by atoms with E-state index in [2.05, 4.69) is 12.2 Å². The van der Waals surface area contributed by atoms with Gasteiger partial charge in [0.05, 0.1) is 12.8 Å². The Morgan fingerprint density at radius 2 is 1.12 bits per heavy atom. The summed E-state index contributed by atoms with van der Waals surface area (Å²) in [6.07, 6.45) is 3.69. The molecule has 150 valence electrons. The van der Waals surface area contributed by atoms with Crippen molar-refractivity contribution in [2.24, 2.45) is 0 Å². The Morgan fingerprint density at radius 1 is 0.654 bits per heavy atom. The third kappa shape index (κ3) is 21.8. The monoisotopic (exact) mass is 373 g/mol. The van der Waals surface area contributed by atoms with Crippen molar-refractivity contribution in [2.75, 3.05) is 6.54 Å². The van der Waals surface area contributed by atoms with Gasteiger partial charge in [-0.2, -0.15) is 0 Å². The topological polar surface area (TPSA) is 138 Å². The number of rotatable bonds is 14. The SMILES string of the molecule is CCCCNC(=O)CCC(=O)CCC.O=C(O)CCC(=O)CCC(=O)O. The number of unbranched alkanes of at least 4 members (excludes halogenated alkanes) is 1. The van der Waals surface area contributed by atoms with Crippen LogP contribution in [0.25, 0.3) is 0 Å². The second-order valence-corrected chi connectivity index (χ2v) is 5.82. The minimum Gasteiger partial charge on any atom is -0.481 e. The number of amides is 1. The van der Waals surface area contributed by atoms with E-state index in [9.17, 15) is 24.0 Å². The number of ketones is 2. The highest BCUT2D eigenvalue weighted by atomic mass is 16.4. The fraction of sp³-hybridized carbons (Fsp3) is 0.722. The van der Waals surface area contributed by atoms with E-state index in [-0.39, 0.29) is 43.2 Å². The molecule has 0 saturated carbocycles. The molecule has 1 amide bonds. The molecule has 3 N–H and O–H groups in total. The highest BCUT2D eigenvalue weighted by Crippen LogP contribution is 1.99. The van der Waals surface area contributed by atoms with E-state index in [0.29, 0.717) is 19.3 Å². The predicted molar refractivity (Wildman–Crippen MR) is 95.8 cm³/mol. The normalized spacial score (nSPS) is 9.62. The van der Waals surface area contributed by atoms with Crippen molar-refractivity contribution in [1.82, 2.24) is 5.32 Å². The van der Waals surface area contributed by atoms with Crippen LogP contribution >= 0.6 is 0 Å². The lowest BCUT2D eigenvalue weighted by Gasteiger charge is -2.03. The van der Waals surface area contributed by atoms with Crippen LogP contribution in [-0.2, 0) is 24.0 Å². The molecule has 0 bridgehead atoms. The Kier molecular flexibility index (Phi) is 17.6. The van der Waals surface area contributed by atoms with Crippen molar-refractivity contribution >= 4 is 29.4 Å². The zero-order chi connectivity index (χ0) is 20.4. The van der Waals surface area contributed by atoms with E-state index in [1.165, 1.54) is 0 Å². The molecular formula is C18H31NO7. The molecule has 26 heavy (non-hydrogen) atoms. The smallest absolute Gasteiger partial charge is 0.303 e. The molecule has 0 aromatic rings. The summed E-state index contributed by atoms with van der Waals surface area (Å²) in [6, 6.07) is 0. The summed E-state index contributed by atoms with van der Waals surface area (Å²) in [6.45, 7) is 4.79. The Bertz CT molecular complexity index is 440. The largest absolute Gasteiger partial charge is 0.481 e. The summed E-state index contributed by atoms with van der Waals surface area (Å²) in [5.41, 5.74) is 0.